The monoisotopic (exact) mass is 423 g/mol. The molecule has 28 heavy (non-hydrogen) atoms. The van der Waals surface area contributed by atoms with Crippen LogP contribution >= 0.6 is 22.9 Å². The number of halogens is 1. The third-order valence-corrected chi connectivity index (χ3v) is 6.84. The van der Waals surface area contributed by atoms with Crippen molar-refractivity contribution >= 4 is 27.9 Å². The van der Waals surface area contributed by atoms with Gasteiger partial charge in [-0.15, -0.1) is 5.10 Å². The smallest absolute Gasteiger partial charge is 0.235 e. The second-order valence-electron chi connectivity index (χ2n) is 7.23. The quantitative estimate of drug-likeness (QED) is 0.434. The summed E-state index contributed by atoms with van der Waals surface area (Å²) in [5, 5.41) is 25.3. The molecule has 3 heterocycles. The third kappa shape index (κ3) is 3.75. The number of thiazole rings is 1. The van der Waals surface area contributed by atoms with Crippen LogP contribution in [0.15, 0.2) is 24.3 Å². The zero-order chi connectivity index (χ0) is 19.7. The van der Waals surface area contributed by atoms with Crippen molar-refractivity contribution in [2.45, 2.75) is 19.4 Å². The van der Waals surface area contributed by atoms with Crippen molar-refractivity contribution in [1.29, 1.82) is 0 Å². The molecule has 4 N–H and O–H groups in total. The van der Waals surface area contributed by atoms with Crippen molar-refractivity contribution in [2.24, 2.45) is 0 Å². The van der Waals surface area contributed by atoms with E-state index in [0.717, 1.165) is 60.4 Å². The van der Waals surface area contributed by atoms with Crippen LogP contribution in [0.2, 0.25) is 5.02 Å². The summed E-state index contributed by atoms with van der Waals surface area (Å²) in [6, 6.07) is 7.89. The largest absolute Gasteiger partial charge is 0.492 e. The number of rotatable bonds is 6. The summed E-state index contributed by atoms with van der Waals surface area (Å²) in [6.45, 7) is 6.96. The summed E-state index contributed by atoms with van der Waals surface area (Å²) in [4.78, 5) is 8.98. The number of aliphatic hydroxyl groups is 1. The molecule has 1 atom stereocenters. The fourth-order valence-corrected chi connectivity index (χ4v) is 5.26. The molecule has 150 valence electrons. The first kappa shape index (κ1) is 19.6. The van der Waals surface area contributed by atoms with Gasteiger partial charge in [0, 0.05) is 17.0 Å². The Morgan fingerprint density at radius 2 is 1.93 bits per heavy atom. The fraction of sp³-hybridized carbons (Fsp3) is 0.474. The molecule has 0 amide bonds. The maximum Gasteiger partial charge on any atom is 0.235 e. The lowest BCUT2D eigenvalue weighted by Crippen LogP contribution is -3.28. The highest BCUT2D eigenvalue weighted by atomic mass is 35.5. The standard InChI is InChI=1S/C19H24ClN5O2S/c1-2-15-21-19-25(22-15)18(27)17(28-19)16(13-3-5-14(20)6-4-13)24-9-7-23(8-10-24)11-12-26/h3-6,16,26-27H,2,7-12H2,1H3/p+2/t16-/m0/s1. The van der Waals surface area contributed by atoms with Crippen LogP contribution in [0.5, 0.6) is 5.88 Å². The molecule has 4 rings (SSSR count). The Bertz CT molecular complexity index is 934. The first-order valence-electron chi connectivity index (χ1n) is 9.72. The van der Waals surface area contributed by atoms with Crippen LogP contribution in [0.25, 0.3) is 4.96 Å². The summed E-state index contributed by atoms with van der Waals surface area (Å²) in [5.74, 6) is 0.925. The van der Waals surface area contributed by atoms with Gasteiger partial charge in [0.25, 0.3) is 0 Å². The van der Waals surface area contributed by atoms with Crippen molar-refractivity contribution in [3.8, 4) is 5.88 Å². The Balaban J connectivity index is 1.70. The van der Waals surface area contributed by atoms with Crippen LogP contribution in [0.1, 0.15) is 29.2 Å². The maximum atomic E-state index is 10.9. The Morgan fingerprint density at radius 3 is 2.54 bits per heavy atom. The lowest BCUT2D eigenvalue weighted by atomic mass is 10.0. The van der Waals surface area contributed by atoms with Gasteiger partial charge in [-0.25, -0.2) is 4.98 Å². The molecular weight excluding hydrogens is 398 g/mol. The number of hydrogen-bond acceptors (Lipinski definition) is 5. The van der Waals surface area contributed by atoms with E-state index in [2.05, 4.69) is 10.1 Å². The van der Waals surface area contributed by atoms with Gasteiger partial charge in [0.05, 0.1) is 6.61 Å². The molecule has 9 heteroatoms. The molecule has 0 spiro atoms. The number of aromatic hydroxyl groups is 1. The SMILES string of the molecule is CCc1nc2sc([C@H](c3ccc(Cl)cc3)[NH+]3CC[NH+](CCO)CC3)c(O)n2n1. The fourth-order valence-electron chi connectivity index (χ4n) is 3.98. The van der Waals surface area contributed by atoms with E-state index in [1.807, 2.05) is 31.2 Å². The van der Waals surface area contributed by atoms with E-state index >= 15 is 0 Å². The molecule has 1 aliphatic heterocycles. The van der Waals surface area contributed by atoms with Crippen molar-refractivity contribution < 1.29 is 20.0 Å². The second kappa shape index (κ2) is 8.34. The molecule has 1 fully saturated rings. The molecule has 3 aromatic rings. The third-order valence-electron chi connectivity index (χ3n) is 5.50. The van der Waals surface area contributed by atoms with Crippen LogP contribution in [-0.2, 0) is 6.42 Å². The minimum atomic E-state index is 0.00604. The molecule has 0 aliphatic carbocycles. The Kier molecular flexibility index (Phi) is 5.84. The van der Waals surface area contributed by atoms with E-state index in [4.69, 9.17) is 11.6 Å². The van der Waals surface area contributed by atoms with Crippen LogP contribution in [-0.4, -0.2) is 64.1 Å². The first-order valence-corrected chi connectivity index (χ1v) is 10.9. The van der Waals surface area contributed by atoms with Crippen LogP contribution in [0.4, 0.5) is 0 Å². The van der Waals surface area contributed by atoms with Crippen molar-refractivity contribution in [3.05, 3.63) is 45.6 Å². The van der Waals surface area contributed by atoms with Gasteiger partial charge in [0.15, 0.2) is 11.9 Å². The van der Waals surface area contributed by atoms with E-state index in [-0.39, 0.29) is 18.5 Å². The number of fused-ring (bicyclic) bond motifs is 1. The minimum absolute atomic E-state index is 0.00604. The highest BCUT2D eigenvalue weighted by Gasteiger charge is 2.36. The van der Waals surface area contributed by atoms with Gasteiger partial charge in [-0.3, -0.25) is 0 Å². The zero-order valence-electron chi connectivity index (χ0n) is 15.9. The van der Waals surface area contributed by atoms with Gasteiger partial charge in [-0.1, -0.05) is 42.0 Å². The van der Waals surface area contributed by atoms with Crippen molar-refractivity contribution in [2.75, 3.05) is 39.3 Å². The normalized spacial score (nSPS) is 21.2. The summed E-state index contributed by atoms with van der Waals surface area (Å²) in [7, 11) is 0. The molecule has 1 saturated heterocycles. The van der Waals surface area contributed by atoms with E-state index in [1.165, 1.54) is 21.1 Å². The summed E-state index contributed by atoms with van der Waals surface area (Å²) in [6.07, 6.45) is 0.741. The molecule has 7 nitrogen and oxygen atoms in total. The molecular formula is C19H26ClN5O2S+2. The number of benzene rings is 1. The first-order chi connectivity index (χ1) is 13.6. The van der Waals surface area contributed by atoms with E-state index in [1.54, 1.807) is 4.52 Å². The lowest BCUT2D eigenvalue weighted by Gasteiger charge is -2.34. The minimum Gasteiger partial charge on any atom is -0.492 e. The number of hydrogen-bond donors (Lipinski definition) is 4. The molecule has 0 saturated carbocycles. The summed E-state index contributed by atoms with van der Waals surface area (Å²) >= 11 is 7.62. The lowest BCUT2D eigenvalue weighted by molar-refractivity contribution is -1.02. The van der Waals surface area contributed by atoms with Gasteiger partial charge >= 0.3 is 0 Å². The van der Waals surface area contributed by atoms with E-state index in [0.29, 0.717) is 5.02 Å². The average molecular weight is 424 g/mol. The number of nitrogens with zero attached hydrogens (tertiary/aromatic N) is 3. The van der Waals surface area contributed by atoms with E-state index < -0.39 is 0 Å². The topological polar surface area (TPSA) is 79.5 Å². The molecule has 1 aliphatic rings. The Labute approximate surface area is 172 Å². The Morgan fingerprint density at radius 1 is 1.21 bits per heavy atom. The number of piperazine rings is 1. The highest BCUT2D eigenvalue weighted by Crippen LogP contribution is 2.35. The van der Waals surface area contributed by atoms with Crippen molar-refractivity contribution in [3.63, 3.8) is 0 Å². The second-order valence-corrected chi connectivity index (χ2v) is 8.68. The van der Waals surface area contributed by atoms with Gasteiger partial charge < -0.3 is 20.0 Å². The predicted octanol–water partition coefficient (Wildman–Crippen LogP) is -0.423. The number of aliphatic hydroxyl groups excluding tert-OH is 1. The number of aromatic nitrogens is 3. The van der Waals surface area contributed by atoms with Gasteiger partial charge in [-0.2, -0.15) is 4.52 Å². The zero-order valence-corrected chi connectivity index (χ0v) is 17.4. The van der Waals surface area contributed by atoms with Crippen LogP contribution in [0, 0.1) is 0 Å². The Hall–Kier alpha value is -1.71. The average Bonchev–Trinajstić information content (AvgIpc) is 3.24. The highest BCUT2D eigenvalue weighted by molar-refractivity contribution is 7.17. The summed E-state index contributed by atoms with van der Waals surface area (Å²) in [5.41, 5.74) is 1.13. The number of aryl methyl sites for hydroxylation is 1. The maximum absolute atomic E-state index is 10.9. The van der Waals surface area contributed by atoms with Crippen LogP contribution in [0.3, 0.4) is 0 Å². The van der Waals surface area contributed by atoms with Gasteiger partial charge in [0.2, 0.25) is 10.8 Å². The molecule has 0 bridgehead atoms. The molecule has 0 radical (unpaired) electrons. The van der Waals surface area contributed by atoms with Gasteiger partial charge in [-0.05, 0) is 12.1 Å². The molecule has 2 aromatic heterocycles. The number of quaternary nitrogens is 2. The van der Waals surface area contributed by atoms with Gasteiger partial charge in [0.1, 0.15) is 37.6 Å². The number of nitrogens with one attached hydrogen (secondary N) is 2. The summed E-state index contributed by atoms with van der Waals surface area (Å²) < 4.78 is 1.56. The van der Waals surface area contributed by atoms with Crippen molar-refractivity contribution in [1.82, 2.24) is 14.6 Å². The van der Waals surface area contributed by atoms with Crippen LogP contribution < -0.4 is 9.80 Å². The molecule has 0 unspecified atom stereocenters. The molecule has 1 aromatic carbocycles. The predicted molar refractivity (Wildman–Crippen MR) is 109 cm³/mol. The van der Waals surface area contributed by atoms with E-state index in [9.17, 15) is 10.2 Å².